The van der Waals surface area contributed by atoms with E-state index in [1.807, 2.05) is 49.4 Å². The molecule has 0 amide bonds. The Hall–Kier alpha value is -1.67. The van der Waals surface area contributed by atoms with E-state index in [4.69, 9.17) is 22.1 Å². The van der Waals surface area contributed by atoms with Gasteiger partial charge < -0.3 is 10.5 Å². The molecule has 3 heteroatoms. The average molecular weight is 248 g/mol. The second-order valence-corrected chi connectivity index (χ2v) is 4.38. The predicted molar refractivity (Wildman–Crippen MR) is 71.4 cm³/mol. The van der Waals surface area contributed by atoms with Gasteiger partial charge in [0.1, 0.15) is 12.4 Å². The lowest BCUT2D eigenvalue weighted by atomic mass is 10.2. The van der Waals surface area contributed by atoms with Crippen molar-refractivity contribution < 1.29 is 4.74 Å². The number of halogens is 1. The number of benzene rings is 2. The summed E-state index contributed by atoms with van der Waals surface area (Å²) in [6.45, 7) is 2.51. The molecular formula is C14H14ClNO. The van der Waals surface area contributed by atoms with Crippen molar-refractivity contribution in [2.45, 2.75) is 13.5 Å². The summed E-state index contributed by atoms with van der Waals surface area (Å²) in [5.74, 6) is 0.856. The van der Waals surface area contributed by atoms with Gasteiger partial charge in [0.25, 0.3) is 0 Å². The summed E-state index contributed by atoms with van der Waals surface area (Å²) < 4.78 is 5.72. The molecule has 2 rings (SSSR count). The van der Waals surface area contributed by atoms with Crippen LogP contribution in [0.2, 0.25) is 5.02 Å². The molecule has 2 nitrogen and oxygen atoms in total. The summed E-state index contributed by atoms with van der Waals surface area (Å²) in [5, 5.41) is 0.734. The van der Waals surface area contributed by atoms with Gasteiger partial charge >= 0.3 is 0 Å². The molecule has 88 valence electrons. The van der Waals surface area contributed by atoms with Gasteiger partial charge in [-0.3, -0.25) is 0 Å². The fourth-order valence-electron chi connectivity index (χ4n) is 1.58. The van der Waals surface area contributed by atoms with Crippen LogP contribution in [0.3, 0.4) is 0 Å². The third-order valence-corrected chi connectivity index (χ3v) is 2.76. The van der Waals surface area contributed by atoms with E-state index in [0.717, 1.165) is 27.6 Å². The molecule has 2 aromatic rings. The van der Waals surface area contributed by atoms with Gasteiger partial charge in [0.15, 0.2) is 0 Å². The van der Waals surface area contributed by atoms with Gasteiger partial charge in [-0.2, -0.15) is 0 Å². The van der Waals surface area contributed by atoms with E-state index in [2.05, 4.69) is 0 Å². The van der Waals surface area contributed by atoms with Gasteiger partial charge in [-0.1, -0.05) is 23.7 Å². The van der Waals surface area contributed by atoms with Crippen LogP contribution in [0, 0.1) is 6.92 Å². The topological polar surface area (TPSA) is 35.2 Å². The first-order valence-electron chi connectivity index (χ1n) is 5.38. The van der Waals surface area contributed by atoms with E-state index in [0.29, 0.717) is 6.61 Å². The fourth-order valence-corrected chi connectivity index (χ4v) is 1.70. The zero-order valence-electron chi connectivity index (χ0n) is 9.61. The van der Waals surface area contributed by atoms with E-state index in [9.17, 15) is 0 Å². The van der Waals surface area contributed by atoms with Crippen molar-refractivity contribution in [3.63, 3.8) is 0 Å². The Morgan fingerprint density at radius 2 is 1.82 bits per heavy atom. The van der Waals surface area contributed by atoms with Gasteiger partial charge in [-0.25, -0.2) is 0 Å². The van der Waals surface area contributed by atoms with Crippen LogP contribution in [-0.4, -0.2) is 0 Å². The number of hydrogen-bond acceptors (Lipinski definition) is 2. The molecule has 0 atom stereocenters. The summed E-state index contributed by atoms with van der Waals surface area (Å²) in [4.78, 5) is 0. The minimum absolute atomic E-state index is 0.530. The summed E-state index contributed by atoms with van der Waals surface area (Å²) in [5.41, 5.74) is 8.56. The molecule has 0 bridgehead atoms. The number of aryl methyl sites for hydroxylation is 1. The maximum absolute atomic E-state index is 5.82. The molecule has 0 saturated heterocycles. The van der Waals surface area contributed by atoms with Crippen LogP contribution in [0.15, 0.2) is 42.5 Å². The van der Waals surface area contributed by atoms with Crippen molar-refractivity contribution in [1.29, 1.82) is 0 Å². The first kappa shape index (κ1) is 11.8. The van der Waals surface area contributed by atoms with E-state index >= 15 is 0 Å². The van der Waals surface area contributed by atoms with Crippen LogP contribution in [0.1, 0.15) is 11.1 Å². The monoisotopic (exact) mass is 247 g/mol. The van der Waals surface area contributed by atoms with Gasteiger partial charge in [-0.05, 0) is 48.4 Å². The third kappa shape index (κ3) is 3.14. The Labute approximate surface area is 106 Å². The van der Waals surface area contributed by atoms with E-state index in [1.165, 1.54) is 0 Å². The molecule has 0 saturated carbocycles. The largest absolute Gasteiger partial charge is 0.489 e. The van der Waals surface area contributed by atoms with Crippen molar-refractivity contribution in [2.75, 3.05) is 5.73 Å². The number of ether oxygens (including phenoxy) is 1. The highest BCUT2D eigenvalue weighted by Crippen LogP contribution is 2.21. The number of rotatable bonds is 3. The molecular weight excluding hydrogens is 234 g/mol. The summed E-state index contributed by atoms with van der Waals surface area (Å²) in [6.07, 6.45) is 0. The van der Waals surface area contributed by atoms with Gasteiger partial charge in [0.2, 0.25) is 0 Å². The molecule has 17 heavy (non-hydrogen) atoms. The molecule has 0 aliphatic carbocycles. The van der Waals surface area contributed by atoms with Crippen LogP contribution in [0.4, 0.5) is 5.69 Å². The quantitative estimate of drug-likeness (QED) is 0.837. The van der Waals surface area contributed by atoms with Crippen molar-refractivity contribution in [2.24, 2.45) is 0 Å². The second kappa shape index (κ2) is 5.11. The molecule has 0 aliphatic heterocycles. The molecule has 2 N–H and O–H groups in total. The first-order valence-corrected chi connectivity index (χ1v) is 5.76. The van der Waals surface area contributed by atoms with Gasteiger partial charge in [-0.15, -0.1) is 0 Å². The zero-order valence-corrected chi connectivity index (χ0v) is 10.4. The van der Waals surface area contributed by atoms with Crippen LogP contribution in [0.25, 0.3) is 0 Å². The Morgan fingerprint density at radius 3 is 2.47 bits per heavy atom. The molecule has 0 aliphatic rings. The van der Waals surface area contributed by atoms with Crippen LogP contribution >= 0.6 is 11.6 Å². The number of hydrogen-bond donors (Lipinski definition) is 1. The van der Waals surface area contributed by atoms with Crippen LogP contribution in [-0.2, 0) is 6.61 Å². The lowest BCUT2D eigenvalue weighted by Gasteiger charge is -2.09. The van der Waals surface area contributed by atoms with Crippen molar-refractivity contribution in [3.8, 4) is 5.75 Å². The minimum Gasteiger partial charge on any atom is -0.489 e. The maximum Gasteiger partial charge on any atom is 0.122 e. The normalized spacial score (nSPS) is 10.2. The molecule has 0 unspecified atom stereocenters. The minimum atomic E-state index is 0.530. The van der Waals surface area contributed by atoms with Crippen molar-refractivity contribution in [1.82, 2.24) is 0 Å². The number of nitrogens with two attached hydrogens (primary N) is 1. The van der Waals surface area contributed by atoms with Crippen LogP contribution in [0.5, 0.6) is 5.75 Å². The Morgan fingerprint density at radius 1 is 1.12 bits per heavy atom. The SMILES string of the molecule is Cc1cc(N)ccc1OCc1ccc(Cl)cc1. The van der Waals surface area contributed by atoms with Gasteiger partial charge in [0, 0.05) is 10.7 Å². The molecule has 0 spiro atoms. The van der Waals surface area contributed by atoms with E-state index < -0.39 is 0 Å². The molecule has 0 fully saturated rings. The molecule has 0 radical (unpaired) electrons. The lowest BCUT2D eigenvalue weighted by Crippen LogP contribution is -1.97. The number of anilines is 1. The highest BCUT2D eigenvalue weighted by molar-refractivity contribution is 6.30. The Kier molecular flexibility index (Phi) is 3.55. The fraction of sp³-hybridized carbons (Fsp3) is 0.143. The first-order chi connectivity index (χ1) is 8.15. The van der Waals surface area contributed by atoms with Crippen molar-refractivity contribution in [3.05, 3.63) is 58.6 Å². The zero-order chi connectivity index (χ0) is 12.3. The standard InChI is InChI=1S/C14H14ClNO/c1-10-8-13(16)6-7-14(10)17-9-11-2-4-12(15)5-3-11/h2-8H,9,16H2,1H3. The highest BCUT2D eigenvalue weighted by Gasteiger charge is 2.00. The highest BCUT2D eigenvalue weighted by atomic mass is 35.5. The lowest BCUT2D eigenvalue weighted by molar-refractivity contribution is 0.304. The van der Waals surface area contributed by atoms with Gasteiger partial charge in [0.05, 0.1) is 0 Å². The summed E-state index contributed by atoms with van der Waals surface area (Å²) in [6, 6.07) is 13.2. The van der Waals surface area contributed by atoms with E-state index in [1.54, 1.807) is 0 Å². The summed E-state index contributed by atoms with van der Waals surface area (Å²) in [7, 11) is 0. The predicted octanol–water partition coefficient (Wildman–Crippen LogP) is 3.81. The molecule has 0 aromatic heterocycles. The maximum atomic E-state index is 5.82. The average Bonchev–Trinajstić information content (AvgIpc) is 2.30. The molecule has 2 aromatic carbocycles. The van der Waals surface area contributed by atoms with Crippen LogP contribution < -0.4 is 10.5 Å². The number of nitrogen functional groups attached to an aromatic ring is 1. The second-order valence-electron chi connectivity index (χ2n) is 3.94. The Bertz CT molecular complexity index is 508. The Balaban J connectivity index is 2.04. The third-order valence-electron chi connectivity index (χ3n) is 2.51. The van der Waals surface area contributed by atoms with E-state index in [-0.39, 0.29) is 0 Å². The smallest absolute Gasteiger partial charge is 0.122 e. The van der Waals surface area contributed by atoms with Crippen molar-refractivity contribution >= 4 is 17.3 Å². The summed E-state index contributed by atoms with van der Waals surface area (Å²) >= 11 is 5.82. The molecule has 0 heterocycles.